The van der Waals surface area contributed by atoms with Gasteiger partial charge in [-0.2, -0.15) is 0 Å². The normalized spacial score (nSPS) is 16.2. The van der Waals surface area contributed by atoms with Gasteiger partial charge in [0.1, 0.15) is 23.3 Å². The van der Waals surface area contributed by atoms with E-state index in [9.17, 15) is 0 Å². The molecule has 1 atom stereocenters. The summed E-state index contributed by atoms with van der Waals surface area (Å²) in [5.41, 5.74) is 2.86. The van der Waals surface area contributed by atoms with E-state index in [0.717, 1.165) is 35.0 Å². The van der Waals surface area contributed by atoms with Crippen LogP contribution in [0.3, 0.4) is 0 Å². The summed E-state index contributed by atoms with van der Waals surface area (Å²) in [4.78, 5) is 8.76. The predicted octanol–water partition coefficient (Wildman–Crippen LogP) is 2.91. The van der Waals surface area contributed by atoms with Crippen molar-refractivity contribution in [1.82, 2.24) is 9.97 Å². The number of hydrogen-bond donors (Lipinski definition) is 1. The molecule has 3 rings (SSSR count). The molecule has 21 heavy (non-hydrogen) atoms. The summed E-state index contributed by atoms with van der Waals surface area (Å²) in [6.45, 7) is 4.66. The van der Waals surface area contributed by atoms with Crippen molar-refractivity contribution in [3.8, 4) is 22.8 Å². The maximum absolute atomic E-state index is 5.85. The van der Waals surface area contributed by atoms with Crippen LogP contribution in [0.4, 0.5) is 5.82 Å². The molecular formula is C16H19N3O2. The first-order valence-corrected chi connectivity index (χ1v) is 7.18. The van der Waals surface area contributed by atoms with Crippen LogP contribution in [0.5, 0.6) is 11.5 Å². The highest BCUT2D eigenvalue weighted by atomic mass is 16.5. The van der Waals surface area contributed by atoms with E-state index in [0.29, 0.717) is 6.61 Å². The molecule has 5 heteroatoms. The molecule has 2 heterocycles. The van der Waals surface area contributed by atoms with Gasteiger partial charge in [-0.25, -0.2) is 4.98 Å². The summed E-state index contributed by atoms with van der Waals surface area (Å²) in [5.74, 6) is 2.46. The molecule has 1 aliphatic heterocycles. The summed E-state index contributed by atoms with van der Waals surface area (Å²) in [6.07, 6.45) is 4.47. The van der Waals surface area contributed by atoms with Gasteiger partial charge in [-0.3, -0.25) is 4.98 Å². The first-order chi connectivity index (χ1) is 10.2. The van der Waals surface area contributed by atoms with Crippen LogP contribution in [0.25, 0.3) is 11.3 Å². The molecule has 0 aliphatic carbocycles. The van der Waals surface area contributed by atoms with Crippen LogP contribution in [0.1, 0.15) is 19.4 Å². The highest BCUT2D eigenvalue weighted by Gasteiger charge is 2.23. The van der Waals surface area contributed by atoms with Gasteiger partial charge in [0.05, 0.1) is 6.61 Å². The lowest BCUT2D eigenvalue weighted by molar-refractivity contribution is 0.254. The van der Waals surface area contributed by atoms with Gasteiger partial charge in [0.15, 0.2) is 5.82 Å². The zero-order valence-electron chi connectivity index (χ0n) is 12.5. The monoisotopic (exact) mass is 285 g/mol. The number of benzene rings is 1. The van der Waals surface area contributed by atoms with E-state index in [2.05, 4.69) is 28.3 Å². The van der Waals surface area contributed by atoms with Gasteiger partial charge in [-0.15, -0.1) is 0 Å². The average molecular weight is 285 g/mol. The molecule has 0 bridgehead atoms. The Morgan fingerprint density at radius 2 is 2.14 bits per heavy atom. The third kappa shape index (κ3) is 2.51. The summed E-state index contributed by atoms with van der Waals surface area (Å²) in [7, 11) is 1.83. The molecule has 110 valence electrons. The molecule has 0 radical (unpaired) electrons. The van der Waals surface area contributed by atoms with Crippen molar-refractivity contribution in [3.63, 3.8) is 0 Å². The van der Waals surface area contributed by atoms with Crippen LogP contribution in [0.2, 0.25) is 0 Å². The molecule has 1 N–H and O–H groups in total. The van der Waals surface area contributed by atoms with Crippen molar-refractivity contribution in [2.45, 2.75) is 26.4 Å². The smallest absolute Gasteiger partial charge is 0.152 e. The van der Waals surface area contributed by atoms with Crippen molar-refractivity contribution in [2.24, 2.45) is 0 Å². The fraction of sp³-hybridized carbons (Fsp3) is 0.375. The maximum atomic E-state index is 5.85. The second-order valence-corrected chi connectivity index (χ2v) is 5.03. The van der Waals surface area contributed by atoms with Crippen LogP contribution < -0.4 is 14.8 Å². The fourth-order valence-corrected chi connectivity index (χ4v) is 2.62. The molecule has 1 aromatic heterocycles. The summed E-state index contributed by atoms with van der Waals surface area (Å²) >= 11 is 0. The number of nitrogens with zero attached hydrogens (tertiary/aromatic N) is 2. The molecule has 0 saturated heterocycles. The van der Waals surface area contributed by atoms with Crippen LogP contribution in [0, 0.1) is 0 Å². The first-order valence-electron chi connectivity index (χ1n) is 7.18. The quantitative estimate of drug-likeness (QED) is 0.936. The number of hydrogen-bond acceptors (Lipinski definition) is 5. The first kappa shape index (κ1) is 13.7. The van der Waals surface area contributed by atoms with Gasteiger partial charge in [-0.05, 0) is 26.0 Å². The SMILES string of the molecule is CCOc1cc2c(cc1-c1nccnc1NC)OC(C)C2. The lowest BCUT2D eigenvalue weighted by Crippen LogP contribution is -2.05. The van der Waals surface area contributed by atoms with Gasteiger partial charge < -0.3 is 14.8 Å². The minimum Gasteiger partial charge on any atom is -0.493 e. The van der Waals surface area contributed by atoms with E-state index in [4.69, 9.17) is 9.47 Å². The lowest BCUT2D eigenvalue weighted by atomic mass is 10.0. The molecule has 0 spiro atoms. The fourth-order valence-electron chi connectivity index (χ4n) is 2.62. The standard InChI is InChI=1S/C16H19N3O2/c1-4-20-14-8-11-7-10(2)21-13(11)9-12(14)15-16(17-3)19-6-5-18-15/h5-6,8-10H,4,7H2,1-3H3,(H,17,19). The third-order valence-electron chi connectivity index (χ3n) is 3.49. The Bertz CT molecular complexity index is 658. The van der Waals surface area contributed by atoms with E-state index < -0.39 is 0 Å². The molecule has 5 nitrogen and oxygen atoms in total. The minimum absolute atomic E-state index is 0.204. The second kappa shape index (κ2) is 5.60. The average Bonchev–Trinajstić information content (AvgIpc) is 2.86. The van der Waals surface area contributed by atoms with Crippen molar-refractivity contribution >= 4 is 5.82 Å². The molecule has 1 unspecified atom stereocenters. The van der Waals surface area contributed by atoms with Crippen molar-refractivity contribution in [3.05, 3.63) is 30.1 Å². The number of rotatable bonds is 4. The van der Waals surface area contributed by atoms with Crippen LogP contribution >= 0.6 is 0 Å². The Labute approximate surface area is 124 Å². The van der Waals surface area contributed by atoms with Gasteiger partial charge in [0.25, 0.3) is 0 Å². The zero-order chi connectivity index (χ0) is 14.8. The van der Waals surface area contributed by atoms with Gasteiger partial charge in [-0.1, -0.05) is 0 Å². The second-order valence-electron chi connectivity index (χ2n) is 5.03. The molecule has 0 saturated carbocycles. The third-order valence-corrected chi connectivity index (χ3v) is 3.49. The largest absolute Gasteiger partial charge is 0.493 e. The molecule has 0 amide bonds. The number of nitrogens with one attached hydrogen (secondary N) is 1. The van der Waals surface area contributed by atoms with E-state index in [1.54, 1.807) is 12.4 Å². The van der Waals surface area contributed by atoms with E-state index in [-0.39, 0.29) is 6.10 Å². The molecular weight excluding hydrogens is 266 g/mol. The van der Waals surface area contributed by atoms with Gasteiger partial charge >= 0.3 is 0 Å². The van der Waals surface area contributed by atoms with Crippen molar-refractivity contribution in [2.75, 3.05) is 19.0 Å². The Balaban J connectivity index is 2.14. The Morgan fingerprint density at radius 1 is 1.33 bits per heavy atom. The number of fused-ring (bicyclic) bond motifs is 1. The summed E-state index contributed by atoms with van der Waals surface area (Å²) in [6, 6.07) is 4.07. The summed E-state index contributed by atoms with van der Waals surface area (Å²) in [5, 5.41) is 3.07. The van der Waals surface area contributed by atoms with Crippen molar-refractivity contribution in [1.29, 1.82) is 0 Å². The van der Waals surface area contributed by atoms with Gasteiger partial charge in [0.2, 0.25) is 0 Å². The number of anilines is 1. The Hall–Kier alpha value is -2.30. The zero-order valence-corrected chi connectivity index (χ0v) is 12.5. The van der Waals surface area contributed by atoms with Crippen LogP contribution in [-0.4, -0.2) is 29.7 Å². The highest BCUT2D eigenvalue weighted by molar-refractivity contribution is 5.78. The minimum atomic E-state index is 0.204. The topological polar surface area (TPSA) is 56.3 Å². The molecule has 2 aromatic rings. The summed E-state index contributed by atoms with van der Waals surface area (Å²) < 4.78 is 11.7. The molecule has 1 aromatic carbocycles. The number of ether oxygens (including phenoxy) is 2. The Morgan fingerprint density at radius 3 is 2.90 bits per heavy atom. The Kier molecular flexibility index (Phi) is 3.64. The van der Waals surface area contributed by atoms with Gasteiger partial charge in [0, 0.05) is 37.0 Å². The highest BCUT2D eigenvalue weighted by Crippen LogP contribution is 2.40. The molecule has 1 aliphatic rings. The van der Waals surface area contributed by atoms with Crippen LogP contribution in [0.15, 0.2) is 24.5 Å². The maximum Gasteiger partial charge on any atom is 0.152 e. The predicted molar refractivity (Wildman–Crippen MR) is 82.0 cm³/mol. The number of aromatic nitrogens is 2. The lowest BCUT2D eigenvalue weighted by Gasteiger charge is -2.14. The van der Waals surface area contributed by atoms with E-state index in [1.807, 2.05) is 20.0 Å². The van der Waals surface area contributed by atoms with Crippen molar-refractivity contribution < 1.29 is 9.47 Å². The van der Waals surface area contributed by atoms with Crippen LogP contribution in [-0.2, 0) is 6.42 Å². The van der Waals surface area contributed by atoms with E-state index >= 15 is 0 Å². The molecule has 0 fully saturated rings. The van der Waals surface area contributed by atoms with E-state index in [1.165, 1.54) is 5.56 Å².